The number of aryl methyl sites for hydroxylation is 2. The highest BCUT2D eigenvalue weighted by molar-refractivity contribution is 8.76. The number of unbranched alkanes of at least 4 members (excludes halogenated alkanes) is 6. The molecule has 0 fully saturated rings. The third-order valence-electron chi connectivity index (χ3n) is 6.07. The van der Waals surface area contributed by atoms with Crippen LogP contribution in [0.1, 0.15) is 74.2 Å². The van der Waals surface area contributed by atoms with Gasteiger partial charge in [-0.1, -0.05) is 47.3 Å². The van der Waals surface area contributed by atoms with Crippen molar-refractivity contribution in [2.45, 2.75) is 78.3 Å². The van der Waals surface area contributed by atoms with Crippen molar-refractivity contribution in [2.24, 2.45) is 0 Å². The van der Waals surface area contributed by atoms with Crippen LogP contribution in [0.15, 0.2) is 33.3 Å². The van der Waals surface area contributed by atoms with Gasteiger partial charge in [-0.2, -0.15) is 0 Å². The maximum absolute atomic E-state index is 5.56. The third kappa shape index (κ3) is 16.8. The fraction of sp³-hybridized carbons (Fsp3) is 0.714. The molecule has 36 heavy (non-hydrogen) atoms. The molecule has 0 unspecified atom stereocenters. The molecule has 0 saturated heterocycles. The average molecular weight is 539 g/mol. The van der Waals surface area contributed by atoms with Crippen LogP contribution in [0.2, 0.25) is 0 Å². The quantitative estimate of drug-likeness (QED) is 0.0899. The Hall–Kier alpha value is -0.900. The molecule has 0 atom stereocenters. The lowest BCUT2D eigenvalue weighted by molar-refractivity contribution is 0.457. The Morgan fingerprint density at radius 3 is 1.67 bits per heavy atom. The molecule has 0 aliphatic carbocycles. The molecule has 2 rings (SSSR count). The molecule has 206 valence electrons. The standard InChI is InChI=1S/C28H50N4O2S2/c1-25-13-20-33-28(25)24-32-17-10-6-4-8-15-30-19-22-36-35-21-18-29-14-7-3-5-9-16-31-23-27-12-11-26(2)34-27/h11-13,20,29-32H,3-10,14-19,21-24H2,1-2H3. The van der Waals surface area contributed by atoms with E-state index in [-0.39, 0.29) is 0 Å². The van der Waals surface area contributed by atoms with Crippen molar-refractivity contribution in [2.75, 3.05) is 50.8 Å². The summed E-state index contributed by atoms with van der Waals surface area (Å²) in [6.45, 7) is 12.4. The van der Waals surface area contributed by atoms with Gasteiger partial charge in [-0.05, 0) is 89.5 Å². The Kier molecular flexibility index (Phi) is 19.2. The van der Waals surface area contributed by atoms with Crippen LogP contribution in [0.25, 0.3) is 0 Å². The maximum Gasteiger partial charge on any atom is 0.120 e. The van der Waals surface area contributed by atoms with Gasteiger partial charge >= 0.3 is 0 Å². The van der Waals surface area contributed by atoms with Crippen molar-refractivity contribution in [3.63, 3.8) is 0 Å². The first-order chi connectivity index (χ1) is 17.8. The van der Waals surface area contributed by atoms with Crippen molar-refractivity contribution in [1.82, 2.24) is 21.3 Å². The van der Waals surface area contributed by atoms with Gasteiger partial charge in [-0.25, -0.2) is 0 Å². The molecule has 0 amide bonds. The molecule has 0 aromatic carbocycles. The van der Waals surface area contributed by atoms with Crippen LogP contribution in [0.3, 0.4) is 0 Å². The summed E-state index contributed by atoms with van der Waals surface area (Å²) < 4.78 is 11.0. The van der Waals surface area contributed by atoms with Crippen LogP contribution in [0, 0.1) is 13.8 Å². The minimum Gasteiger partial charge on any atom is -0.468 e. The number of hydrogen-bond acceptors (Lipinski definition) is 8. The molecule has 0 aliphatic rings. The molecule has 0 radical (unpaired) electrons. The third-order valence-corrected chi connectivity index (χ3v) is 8.48. The Morgan fingerprint density at radius 2 is 1.17 bits per heavy atom. The van der Waals surface area contributed by atoms with Gasteiger partial charge in [0.05, 0.1) is 19.4 Å². The number of nitrogens with one attached hydrogen (secondary N) is 4. The predicted molar refractivity (Wildman–Crippen MR) is 158 cm³/mol. The summed E-state index contributed by atoms with van der Waals surface area (Å²) in [5, 5.41) is 14.1. The van der Waals surface area contributed by atoms with E-state index in [0.717, 1.165) is 69.6 Å². The summed E-state index contributed by atoms with van der Waals surface area (Å²) in [6.07, 6.45) is 12.0. The summed E-state index contributed by atoms with van der Waals surface area (Å²) in [4.78, 5) is 0. The summed E-state index contributed by atoms with van der Waals surface area (Å²) in [6, 6.07) is 6.10. The maximum atomic E-state index is 5.56. The van der Waals surface area contributed by atoms with Crippen molar-refractivity contribution in [3.8, 4) is 0 Å². The van der Waals surface area contributed by atoms with E-state index in [9.17, 15) is 0 Å². The van der Waals surface area contributed by atoms with Crippen LogP contribution in [0.5, 0.6) is 0 Å². The Bertz CT molecular complexity index is 753. The molecule has 2 heterocycles. The van der Waals surface area contributed by atoms with Gasteiger partial charge in [0.25, 0.3) is 0 Å². The summed E-state index contributed by atoms with van der Waals surface area (Å²) >= 11 is 0. The zero-order chi connectivity index (χ0) is 25.5. The van der Waals surface area contributed by atoms with E-state index < -0.39 is 0 Å². The van der Waals surface area contributed by atoms with Gasteiger partial charge in [0.2, 0.25) is 0 Å². The molecular weight excluding hydrogens is 488 g/mol. The molecule has 2 aromatic rings. The number of furan rings is 2. The van der Waals surface area contributed by atoms with Crippen molar-refractivity contribution < 1.29 is 8.83 Å². The van der Waals surface area contributed by atoms with Crippen LogP contribution in [-0.4, -0.2) is 50.8 Å². The molecule has 0 bridgehead atoms. The Labute approximate surface area is 227 Å². The topological polar surface area (TPSA) is 74.4 Å². The molecular formula is C28H50N4O2S2. The smallest absolute Gasteiger partial charge is 0.120 e. The minimum atomic E-state index is 0.841. The van der Waals surface area contributed by atoms with Crippen molar-refractivity contribution in [3.05, 3.63) is 47.3 Å². The first kappa shape index (κ1) is 31.3. The lowest BCUT2D eigenvalue weighted by atomic mass is 10.2. The number of rotatable bonds is 25. The molecule has 0 saturated carbocycles. The summed E-state index contributed by atoms with van der Waals surface area (Å²) in [5.74, 6) is 5.47. The first-order valence-electron chi connectivity index (χ1n) is 13.9. The average Bonchev–Trinajstić information content (AvgIpc) is 3.49. The second-order valence-corrected chi connectivity index (χ2v) is 12.1. The van der Waals surface area contributed by atoms with Crippen molar-refractivity contribution >= 4 is 21.6 Å². The Balaban J connectivity index is 1.18. The fourth-order valence-electron chi connectivity index (χ4n) is 3.88. The van der Waals surface area contributed by atoms with Crippen LogP contribution < -0.4 is 21.3 Å². The zero-order valence-corrected chi connectivity index (χ0v) is 24.3. The highest BCUT2D eigenvalue weighted by Gasteiger charge is 2.00. The van der Waals surface area contributed by atoms with Gasteiger partial charge < -0.3 is 30.1 Å². The van der Waals surface area contributed by atoms with E-state index >= 15 is 0 Å². The second kappa shape index (κ2) is 22.1. The normalized spacial score (nSPS) is 11.5. The molecule has 2 aromatic heterocycles. The SMILES string of the molecule is Cc1ccc(CNCCCCCCNCCSSCCNCCCCCCNCc2occc2C)o1. The Morgan fingerprint density at radius 1 is 0.611 bits per heavy atom. The van der Waals surface area contributed by atoms with E-state index in [1.807, 2.05) is 40.6 Å². The van der Waals surface area contributed by atoms with E-state index in [0.29, 0.717) is 0 Å². The van der Waals surface area contributed by atoms with Gasteiger partial charge in [0.15, 0.2) is 0 Å². The molecule has 6 nitrogen and oxygen atoms in total. The monoisotopic (exact) mass is 538 g/mol. The zero-order valence-electron chi connectivity index (χ0n) is 22.7. The summed E-state index contributed by atoms with van der Waals surface area (Å²) in [7, 11) is 3.99. The van der Waals surface area contributed by atoms with Gasteiger partial charge in [0.1, 0.15) is 17.3 Å². The molecule has 0 spiro atoms. The highest BCUT2D eigenvalue weighted by Crippen LogP contribution is 2.19. The fourth-order valence-corrected chi connectivity index (χ4v) is 5.78. The van der Waals surface area contributed by atoms with Crippen LogP contribution >= 0.6 is 21.6 Å². The molecule has 4 N–H and O–H groups in total. The van der Waals surface area contributed by atoms with Gasteiger partial charge in [-0.15, -0.1) is 0 Å². The largest absolute Gasteiger partial charge is 0.468 e. The predicted octanol–water partition coefficient (Wildman–Crippen LogP) is 6.05. The van der Waals surface area contributed by atoms with E-state index in [1.54, 1.807) is 6.26 Å². The lowest BCUT2D eigenvalue weighted by Gasteiger charge is -2.07. The van der Waals surface area contributed by atoms with E-state index in [1.165, 1.54) is 68.4 Å². The van der Waals surface area contributed by atoms with Crippen molar-refractivity contribution in [1.29, 1.82) is 0 Å². The molecule has 0 aliphatic heterocycles. The lowest BCUT2D eigenvalue weighted by Crippen LogP contribution is -2.19. The first-order valence-corrected chi connectivity index (χ1v) is 16.4. The molecule has 8 heteroatoms. The minimum absolute atomic E-state index is 0.841. The van der Waals surface area contributed by atoms with E-state index in [4.69, 9.17) is 8.83 Å². The van der Waals surface area contributed by atoms with Crippen LogP contribution in [0.4, 0.5) is 0 Å². The van der Waals surface area contributed by atoms with E-state index in [2.05, 4.69) is 34.3 Å². The second-order valence-electron chi connectivity index (χ2n) is 9.37. The van der Waals surface area contributed by atoms with Crippen LogP contribution in [-0.2, 0) is 13.1 Å². The van der Waals surface area contributed by atoms with Gasteiger partial charge in [0, 0.05) is 24.6 Å². The summed E-state index contributed by atoms with van der Waals surface area (Å²) in [5.41, 5.74) is 1.24. The number of hydrogen-bond donors (Lipinski definition) is 4. The highest BCUT2D eigenvalue weighted by atomic mass is 33.1. The van der Waals surface area contributed by atoms with Gasteiger partial charge in [-0.3, -0.25) is 0 Å².